The van der Waals surface area contributed by atoms with Crippen molar-refractivity contribution in [2.24, 2.45) is 0 Å². The molecule has 1 fully saturated rings. The van der Waals surface area contributed by atoms with Crippen LogP contribution in [0.2, 0.25) is 0 Å². The minimum atomic E-state index is -0.598. The molecule has 0 atom stereocenters. The second kappa shape index (κ2) is 5.57. The lowest BCUT2D eigenvalue weighted by Crippen LogP contribution is -2.17. The van der Waals surface area contributed by atoms with Gasteiger partial charge in [-0.15, -0.1) is 0 Å². The van der Waals surface area contributed by atoms with Gasteiger partial charge in [0.2, 0.25) is 0 Å². The normalized spacial score (nSPS) is 14.7. The first-order chi connectivity index (χ1) is 11.2. The summed E-state index contributed by atoms with van der Waals surface area (Å²) in [6.07, 6.45) is 8.49. The van der Waals surface area contributed by atoms with Gasteiger partial charge < -0.3 is 0 Å². The van der Waals surface area contributed by atoms with Crippen molar-refractivity contribution >= 4 is 0 Å². The monoisotopic (exact) mass is 311 g/mol. The van der Waals surface area contributed by atoms with Crippen LogP contribution in [0.3, 0.4) is 0 Å². The third kappa shape index (κ3) is 2.42. The summed E-state index contributed by atoms with van der Waals surface area (Å²) < 4.78 is 30.3. The van der Waals surface area contributed by atoms with Crippen LogP contribution < -0.4 is 0 Å². The maximum absolute atomic E-state index is 14.2. The molecule has 0 amide bonds. The average Bonchev–Trinajstić information content (AvgIpc) is 2.90. The summed E-state index contributed by atoms with van der Waals surface area (Å²) in [5, 5.41) is 4.52. The highest BCUT2D eigenvalue weighted by molar-refractivity contribution is 5.80. The first-order valence-corrected chi connectivity index (χ1v) is 7.68. The number of benzene rings is 1. The van der Waals surface area contributed by atoms with Crippen molar-refractivity contribution in [2.45, 2.75) is 25.3 Å². The van der Waals surface area contributed by atoms with E-state index in [1.165, 1.54) is 24.6 Å². The molecule has 1 aromatic carbocycles. The zero-order valence-corrected chi connectivity index (χ0v) is 12.4. The SMILES string of the molecule is Fc1cccc(F)c1-c1nn(C2CCC2)cc1-c1ccncc1. The van der Waals surface area contributed by atoms with E-state index < -0.39 is 11.6 Å². The van der Waals surface area contributed by atoms with Crippen LogP contribution in [0.1, 0.15) is 25.3 Å². The molecule has 0 aliphatic heterocycles. The van der Waals surface area contributed by atoms with E-state index >= 15 is 0 Å². The maximum atomic E-state index is 14.2. The first kappa shape index (κ1) is 14.1. The lowest BCUT2D eigenvalue weighted by Gasteiger charge is -2.25. The molecule has 5 heteroatoms. The Morgan fingerprint density at radius 3 is 2.30 bits per heavy atom. The number of halogens is 2. The molecular formula is C18H15F2N3. The molecule has 0 radical (unpaired) electrons. The summed E-state index contributed by atoms with van der Waals surface area (Å²) in [7, 11) is 0. The van der Waals surface area contributed by atoms with Gasteiger partial charge in [-0.05, 0) is 49.1 Å². The highest BCUT2D eigenvalue weighted by Gasteiger charge is 2.25. The molecule has 0 N–H and O–H groups in total. The molecule has 0 bridgehead atoms. The fourth-order valence-electron chi connectivity index (χ4n) is 2.88. The van der Waals surface area contributed by atoms with Gasteiger partial charge in [-0.1, -0.05) is 6.07 Å². The van der Waals surface area contributed by atoms with Gasteiger partial charge in [0.25, 0.3) is 0 Å². The first-order valence-electron chi connectivity index (χ1n) is 7.68. The zero-order chi connectivity index (χ0) is 15.8. The Labute approximate surface area is 132 Å². The van der Waals surface area contributed by atoms with Crippen molar-refractivity contribution in [3.8, 4) is 22.4 Å². The number of hydrogen-bond acceptors (Lipinski definition) is 2. The number of pyridine rings is 1. The van der Waals surface area contributed by atoms with Crippen LogP contribution in [0, 0.1) is 11.6 Å². The smallest absolute Gasteiger partial charge is 0.135 e. The molecule has 23 heavy (non-hydrogen) atoms. The Morgan fingerprint density at radius 2 is 1.70 bits per heavy atom. The van der Waals surface area contributed by atoms with Crippen LogP contribution >= 0.6 is 0 Å². The largest absolute Gasteiger partial charge is 0.268 e. The van der Waals surface area contributed by atoms with Crippen molar-refractivity contribution in [1.29, 1.82) is 0 Å². The van der Waals surface area contributed by atoms with E-state index in [0.29, 0.717) is 11.7 Å². The quantitative estimate of drug-likeness (QED) is 0.707. The van der Waals surface area contributed by atoms with Crippen molar-refractivity contribution in [3.63, 3.8) is 0 Å². The van der Waals surface area contributed by atoms with Crippen LogP contribution in [0.4, 0.5) is 8.78 Å². The van der Waals surface area contributed by atoms with Crippen molar-refractivity contribution < 1.29 is 8.78 Å². The Morgan fingerprint density at radius 1 is 1.00 bits per heavy atom. The Balaban J connectivity index is 1.92. The molecule has 1 aliphatic carbocycles. The predicted octanol–water partition coefficient (Wildman–Crippen LogP) is 4.62. The van der Waals surface area contributed by atoms with Crippen LogP contribution in [-0.2, 0) is 0 Å². The molecule has 2 aromatic heterocycles. The Kier molecular flexibility index (Phi) is 3.41. The lowest BCUT2D eigenvalue weighted by molar-refractivity contribution is 0.290. The summed E-state index contributed by atoms with van der Waals surface area (Å²) in [4.78, 5) is 4.00. The Hall–Kier alpha value is -2.56. The third-order valence-corrected chi connectivity index (χ3v) is 4.37. The molecule has 4 rings (SSSR count). The van der Waals surface area contributed by atoms with Crippen molar-refractivity contribution in [1.82, 2.24) is 14.8 Å². The molecule has 0 spiro atoms. The number of nitrogens with zero attached hydrogens (tertiary/aromatic N) is 3. The van der Waals surface area contributed by atoms with Crippen LogP contribution in [-0.4, -0.2) is 14.8 Å². The molecule has 3 aromatic rings. The highest BCUT2D eigenvalue weighted by atomic mass is 19.1. The molecule has 1 aliphatic rings. The molecule has 1 saturated carbocycles. The van der Waals surface area contributed by atoms with Gasteiger partial charge in [0, 0.05) is 24.2 Å². The summed E-state index contributed by atoms with van der Waals surface area (Å²) >= 11 is 0. The molecule has 116 valence electrons. The number of rotatable bonds is 3. The molecule has 3 nitrogen and oxygen atoms in total. The van der Waals surface area contributed by atoms with E-state index in [-0.39, 0.29) is 5.56 Å². The van der Waals surface area contributed by atoms with Crippen molar-refractivity contribution in [3.05, 3.63) is 60.6 Å². The van der Waals surface area contributed by atoms with E-state index in [1.807, 2.05) is 23.0 Å². The van der Waals surface area contributed by atoms with Gasteiger partial charge >= 0.3 is 0 Å². The summed E-state index contributed by atoms with van der Waals surface area (Å²) in [5.41, 5.74) is 1.85. The van der Waals surface area contributed by atoms with Gasteiger partial charge in [0.05, 0.1) is 11.6 Å². The van der Waals surface area contributed by atoms with Crippen LogP contribution in [0.5, 0.6) is 0 Å². The minimum absolute atomic E-state index is 0.0719. The zero-order valence-electron chi connectivity index (χ0n) is 12.4. The fourth-order valence-corrected chi connectivity index (χ4v) is 2.88. The molecule has 2 heterocycles. The standard InChI is InChI=1S/C18H15F2N3/c19-15-5-2-6-16(20)17(15)18-14(12-7-9-21-10-8-12)11-23(22-18)13-3-1-4-13/h2,5-11,13H,1,3-4H2. The fraction of sp³-hybridized carbons (Fsp3) is 0.222. The predicted molar refractivity (Wildman–Crippen MR) is 83.7 cm³/mol. The molecule has 0 saturated heterocycles. The van der Waals surface area contributed by atoms with Gasteiger partial charge in [0.1, 0.15) is 17.3 Å². The summed E-state index contributed by atoms with van der Waals surface area (Å²) in [5.74, 6) is -1.20. The number of aromatic nitrogens is 3. The van der Waals surface area contributed by atoms with Gasteiger partial charge in [-0.3, -0.25) is 9.67 Å². The van der Waals surface area contributed by atoms with Crippen molar-refractivity contribution in [2.75, 3.05) is 0 Å². The van der Waals surface area contributed by atoms with Crippen LogP contribution in [0.15, 0.2) is 48.9 Å². The second-order valence-electron chi connectivity index (χ2n) is 5.79. The van der Waals surface area contributed by atoms with Crippen LogP contribution in [0.25, 0.3) is 22.4 Å². The maximum Gasteiger partial charge on any atom is 0.135 e. The van der Waals surface area contributed by atoms with Gasteiger partial charge in [0.15, 0.2) is 0 Å². The lowest BCUT2D eigenvalue weighted by atomic mass is 9.93. The molecular weight excluding hydrogens is 296 g/mol. The van der Waals surface area contributed by atoms with E-state index in [9.17, 15) is 8.78 Å². The number of hydrogen-bond donors (Lipinski definition) is 0. The van der Waals surface area contributed by atoms with E-state index in [1.54, 1.807) is 12.4 Å². The van der Waals surface area contributed by atoms with E-state index in [4.69, 9.17) is 0 Å². The highest BCUT2D eigenvalue weighted by Crippen LogP contribution is 2.38. The summed E-state index contributed by atoms with van der Waals surface area (Å²) in [6.45, 7) is 0. The Bertz CT molecular complexity index is 818. The molecule has 0 unspecified atom stereocenters. The van der Waals surface area contributed by atoms with Gasteiger partial charge in [-0.2, -0.15) is 5.10 Å². The third-order valence-electron chi connectivity index (χ3n) is 4.37. The van der Waals surface area contributed by atoms with Gasteiger partial charge in [-0.25, -0.2) is 8.78 Å². The van der Waals surface area contributed by atoms with E-state index in [2.05, 4.69) is 10.1 Å². The average molecular weight is 311 g/mol. The topological polar surface area (TPSA) is 30.7 Å². The second-order valence-corrected chi connectivity index (χ2v) is 5.79. The summed E-state index contributed by atoms with van der Waals surface area (Å²) in [6, 6.07) is 7.85. The minimum Gasteiger partial charge on any atom is -0.268 e. The van der Waals surface area contributed by atoms with E-state index in [0.717, 1.165) is 24.0 Å².